The lowest BCUT2D eigenvalue weighted by atomic mass is 9.99. The van der Waals surface area contributed by atoms with E-state index in [1.54, 1.807) is 11.3 Å². The minimum Gasteiger partial charge on any atom is -0.325 e. The van der Waals surface area contributed by atoms with Crippen molar-refractivity contribution in [2.75, 3.05) is 11.1 Å². The lowest BCUT2D eigenvalue weighted by molar-refractivity contribution is -0.113. The Labute approximate surface area is 150 Å². The SMILES string of the molecule is CC[C@@H](C)c1ccc(NC(=O)CSc2nc3ccccc3s2)cc1. The summed E-state index contributed by atoms with van der Waals surface area (Å²) < 4.78 is 2.08. The third kappa shape index (κ3) is 4.16. The fourth-order valence-corrected chi connectivity index (χ4v) is 4.24. The highest BCUT2D eigenvalue weighted by Crippen LogP contribution is 2.29. The number of fused-ring (bicyclic) bond motifs is 1. The molecule has 0 bridgehead atoms. The van der Waals surface area contributed by atoms with Crippen LogP contribution in [0.1, 0.15) is 31.7 Å². The summed E-state index contributed by atoms with van der Waals surface area (Å²) >= 11 is 3.11. The largest absolute Gasteiger partial charge is 0.325 e. The molecular weight excluding hydrogens is 336 g/mol. The molecule has 0 aliphatic heterocycles. The third-order valence-corrected chi connectivity index (χ3v) is 6.16. The van der Waals surface area contributed by atoms with Gasteiger partial charge in [-0.3, -0.25) is 4.79 Å². The molecule has 1 amide bonds. The van der Waals surface area contributed by atoms with Gasteiger partial charge in [0.25, 0.3) is 0 Å². The molecule has 124 valence electrons. The first-order valence-electron chi connectivity index (χ1n) is 8.04. The number of anilines is 1. The molecule has 3 nitrogen and oxygen atoms in total. The van der Waals surface area contributed by atoms with Crippen LogP contribution in [0, 0.1) is 0 Å². The Balaban J connectivity index is 1.55. The van der Waals surface area contributed by atoms with Crippen LogP contribution in [0.2, 0.25) is 0 Å². The summed E-state index contributed by atoms with van der Waals surface area (Å²) in [4.78, 5) is 16.7. The highest BCUT2D eigenvalue weighted by molar-refractivity contribution is 8.01. The maximum Gasteiger partial charge on any atom is 0.234 e. The number of nitrogens with one attached hydrogen (secondary N) is 1. The second kappa shape index (κ2) is 7.81. The zero-order valence-corrected chi connectivity index (χ0v) is 15.4. The number of thioether (sulfide) groups is 1. The van der Waals surface area contributed by atoms with Gasteiger partial charge in [-0.25, -0.2) is 4.98 Å². The number of carbonyl (C=O) groups is 1. The van der Waals surface area contributed by atoms with E-state index in [1.807, 2.05) is 30.3 Å². The Morgan fingerprint density at radius 1 is 1.21 bits per heavy atom. The van der Waals surface area contributed by atoms with Crippen molar-refractivity contribution in [2.24, 2.45) is 0 Å². The first-order valence-corrected chi connectivity index (χ1v) is 9.84. The van der Waals surface area contributed by atoms with Gasteiger partial charge < -0.3 is 5.32 Å². The average Bonchev–Trinajstić information content (AvgIpc) is 3.03. The van der Waals surface area contributed by atoms with Crippen molar-refractivity contribution < 1.29 is 4.79 Å². The third-order valence-electron chi connectivity index (χ3n) is 3.98. The Bertz CT molecular complexity index is 794. The molecule has 0 spiro atoms. The van der Waals surface area contributed by atoms with Crippen molar-refractivity contribution in [1.29, 1.82) is 0 Å². The second-order valence-corrected chi connectivity index (χ2v) is 7.97. The monoisotopic (exact) mass is 356 g/mol. The number of para-hydroxylation sites is 1. The van der Waals surface area contributed by atoms with Crippen LogP contribution >= 0.6 is 23.1 Å². The van der Waals surface area contributed by atoms with E-state index in [-0.39, 0.29) is 5.91 Å². The molecule has 1 atom stereocenters. The van der Waals surface area contributed by atoms with E-state index >= 15 is 0 Å². The molecule has 0 aliphatic carbocycles. The van der Waals surface area contributed by atoms with Gasteiger partial charge in [0.2, 0.25) is 5.91 Å². The molecule has 0 unspecified atom stereocenters. The Morgan fingerprint density at radius 3 is 2.67 bits per heavy atom. The van der Waals surface area contributed by atoms with Crippen molar-refractivity contribution in [3.63, 3.8) is 0 Å². The van der Waals surface area contributed by atoms with Crippen molar-refractivity contribution in [1.82, 2.24) is 4.98 Å². The topological polar surface area (TPSA) is 42.0 Å². The molecule has 1 N–H and O–H groups in total. The lowest BCUT2D eigenvalue weighted by Crippen LogP contribution is -2.13. The molecule has 24 heavy (non-hydrogen) atoms. The molecule has 0 aliphatic rings. The number of nitrogens with zero attached hydrogens (tertiary/aromatic N) is 1. The standard InChI is InChI=1S/C19H20N2OS2/c1-3-13(2)14-8-10-15(11-9-14)20-18(22)12-23-19-21-16-6-4-5-7-17(16)24-19/h4-11,13H,3,12H2,1-2H3,(H,20,22)/t13-/m1/s1. The zero-order chi connectivity index (χ0) is 16.9. The van der Waals surface area contributed by atoms with Gasteiger partial charge in [-0.15, -0.1) is 11.3 Å². The van der Waals surface area contributed by atoms with Crippen LogP contribution in [0.3, 0.4) is 0 Å². The first-order chi connectivity index (χ1) is 11.7. The van der Waals surface area contributed by atoms with Crippen LogP contribution in [0.4, 0.5) is 5.69 Å². The predicted molar refractivity (Wildman–Crippen MR) is 104 cm³/mol. The van der Waals surface area contributed by atoms with Crippen LogP contribution in [-0.2, 0) is 4.79 Å². The zero-order valence-electron chi connectivity index (χ0n) is 13.8. The van der Waals surface area contributed by atoms with Crippen LogP contribution in [0.15, 0.2) is 52.9 Å². The van der Waals surface area contributed by atoms with E-state index in [1.165, 1.54) is 17.3 Å². The summed E-state index contributed by atoms with van der Waals surface area (Å²) in [5.74, 6) is 0.910. The van der Waals surface area contributed by atoms with Crippen molar-refractivity contribution in [2.45, 2.75) is 30.5 Å². The minimum atomic E-state index is -0.00412. The summed E-state index contributed by atoms with van der Waals surface area (Å²) in [7, 11) is 0. The van der Waals surface area contributed by atoms with E-state index in [9.17, 15) is 4.79 Å². The summed E-state index contributed by atoms with van der Waals surface area (Å²) in [5, 5.41) is 2.95. The van der Waals surface area contributed by atoms with Crippen molar-refractivity contribution in [3.05, 3.63) is 54.1 Å². The van der Waals surface area contributed by atoms with E-state index < -0.39 is 0 Å². The van der Waals surface area contributed by atoms with E-state index in [0.717, 1.165) is 26.7 Å². The van der Waals surface area contributed by atoms with Gasteiger partial charge in [-0.2, -0.15) is 0 Å². The van der Waals surface area contributed by atoms with E-state index in [0.29, 0.717) is 11.7 Å². The predicted octanol–water partition coefficient (Wildman–Crippen LogP) is 5.54. The maximum absolute atomic E-state index is 12.1. The number of hydrogen-bond acceptors (Lipinski definition) is 4. The van der Waals surface area contributed by atoms with Crippen LogP contribution in [-0.4, -0.2) is 16.6 Å². The minimum absolute atomic E-state index is 0.00412. The highest BCUT2D eigenvalue weighted by Gasteiger charge is 2.08. The molecule has 5 heteroatoms. The molecule has 0 fully saturated rings. The average molecular weight is 357 g/mol. The normalized spacial score (nSPS) is 12.2. The lowest BCUT2D eigenvalue weighted by Gasteiger charge is -2.10. The van der Waals surface area contributed by atoms with Gasteiger partial charge in [0.1, 0.15) is 0 Å². The second-order valence-electron chi connectivity index (χ2n) is 5.72. The molecule has 1 aromatic heterocycles. The van der Waals surface area contributed by atoms with Crippen molar-refractivity contribution in [3.8, 4) is 0 Å². The molecular formula is C19H20N2OS2. The number of aromatic nitrogens is 1. The summed E-state index contributed by atoms with van der Waals surface area (Å²) in [6, 6.07) is 16.2. The maximum atomic E-state index is 12.1. The van der Waals surface area contributed by atoms with Crippen LogP contribution in [0.25, 0.3) is 10.2 Å². The number of benzene rings is 2. The molecule has 0 saturated heterocycles. The Hall–Kier alpha value is -1.85. The summed E-state index contributed by atoms with van der Waals surface area (Å²) in [6.07, 6.45) is 1.12. The molecule has 2 aromatic carbocycles. The van der Waals surface area contributed by atoms with Gasteiger partial charge in [-0.05, 0) is 42.2 Å². The number of amides is 1. The van der Waals surface area contributed by atoms with Gasteiger partial charge in [0.05, 0.1) is 16.0 Å². The number of carbonyl (C=O) groups excluding carboxylic acids is 1. The fourth-order valence-electron chi connectivity index (χ4n) is 2.37. The molecule has 3 aromatic rings. The fraction of sp³-hybridized carbons (Fsp3) is 0.263. The van der Waals surface area contributed by atoms with E-state index in [2.05, 4.69) is 42.3 Å². The Morgan fingerprint density at radius 2 is 1.96 bits per heavy atom. The molecule has 1 heterocycles. The number of thiazole rings is 1. The quantitative estimate of drug-likeness (QED) is 0.590. The van der Waals surface area contributed by atoms with Crippen molar-refractivity contribution >= 4 is 44.9 Å². The van der Waals surface area contributed by atoms with Gasteiger partial charge in [0, 0.05) is 5.69 Å². The number of hydrogen-bond donors (Lipinski definition) is 1. The van der Waals surface area contributed by atoms with Gasteiger partial charge in [0.15, 0.2) is 4.34 Å². The van der Waals surface area contributed by atoms with Crippen LogP contribution in [0.5, 0.6) is 0 Å². The Kier molecular flexibility index (Phi) is 5.53. The number of rotatable bonds is 6. The summed E-state index contributed by atoms with van der Waals surface area (Å²) in [6.45, 7) is 4.39. The molecule has 0 radical (unpaired) electrons. The van der Waals surface area contributed by atoms with Gasteiger partial charge >= 0.3 is 0 Å². The summed E-state index contributed by atoms with van der Waals surface area (Å²) in [5.41, 5.74) is 3.14. The first kappa shape index (κ1) is 17.0. The molecule has 0 saturated carbocycles. The van der Waals surface area contributed by atoms with Crippen LogP contribution < -0.4 is 5.32 Å². The molecule has 3 rings (SSSR count). The van der Waals surface area contributed by atoms with Gasteiger partial charge in [-0.1, -0.05) is 49.9 Å². The smallest absolute Gasteiger partial charge is 0.234 e. The highest BCUT2D eigenvalue weighted by atomic mass is 32.2. The van der Waals surface area contributed by atoms with E-state index in [4.69, 9.17) is 0 Å².